The Morgan fingerprint density at radius 1 is 1.14 bits per heavy atom. The van der Waals surface area contributed by atoms with Crippen molar-refractivity contribution >= 4 is 23.5 Å². The fraction of sp³-hybridized carbons (Fsp3) is 0. The summed E-state index contributed by atoms with van der Waals surface area (Å²) < 4.78 is 15.0. The van der Waals surface area contributed by atoms with Crippen molar-refractivity contribution in [3.63, 3.8) is 0 Å². The number of rotatable bonds is 5. The predicted molar refractivity (Wildman–Crippen MR) is 110 cm³/mol. The highest BCUT2D eigenvalue weighted by Gasteiger charge is 2.11. The summed E-state index contributed by atoms with van der Waals surface area (Å²) in [5.41, 5.74) is 5.35. The molecule has 4 rings (SSSR count). The number of hydrogen-bond donors (Lipinski definition) is 2. The number of nitrogens with one attached hydrogen (secondary N) is 2. The van der Waals surface area contributed by atoms with Crippen LogP contribution in [0.2, 0.25) is 5.02 Å². The number of para-hydroxylation sites is 1. The summed E-state index contributed by atoms with van der Waals surface area (Å²) in [7, 11) is 0. The van der Waals surface area contributed by atoms with E-state index >= 15 is 0 Å². The quantitative estimate of drug-likeness (QED) is 0.387. The third-order valence-electron chi connectivity index (χ3n) is 4.07. The molecule has 0 aliphatic rings. The second-order valence-corrected chi connectivity index (χ2v) is 6.39. The van der Waals surface area contributed by atoms with Crippen LogP contribution in [0.1, 0.15) is 5.56 Å². The SMILES string of the molecule is O=c1[nH]ncc(N/N=C\c2cn(-c3ccccc3)nc2-c2ccc(F)cc2)c1Cl. The molecule has 0 fully saturated rings. The number of anilines is 1. The van der Waals surface area contributed by atoms with E-state index in [4.69, 9.17) is 11.6 Å². The van der Waals surface area contributed by atoms with Gasteiger partial charge in [0, 0.05) is 17.3 Å². The van der Waals surface area contributed by atoms with E-state index in [1.807, 2.05) is 30.3 Å². The fourth-order valence-electron chi connectivity index (χ4n) is 2.66. The van der Waals surface area contributed by atoms with Gasteiger partial charge in [-0.25, -0.2) is 14.2 Å². The fourth-order valence-corrected chi connectivity index (χ4v) is 2.79. The third-order valence-corrected chi connectivity index (χ3v) is 4.44. The van der Waals surface area contributed by atoms with Crippen LogP contribution < -0.4 is 11.0 Å². The van der Waals surface area contributed by atoms with Crippen molar-refractivity contribution in [1.29, 1.82) is 0 Å². The normalized spacial score (nSPS) is 11.1. The van der Waals surface area contributed by atoms with Crippen LogP contribution in [-0.4, -0.2) is 26.2 Å². The number of nitrogens with zero attached hydrogens (tertiary/aromatic N) is 4. The van der Waals surface area contributed by atoms with Gasteiger partial charge in [-0.05, 0) is 36.4 Å². The smallest absolute Gasteiger partial charge is 0.275 e. The van der Waals surface area contributed by atoms with Crippen molar-refractivity contribution in [2.24, 2.45) is 5.10 Å². The number of aromatic amines is 1. The highest BCUT2D eigenvalue weighted by atomic mass is 35.5. The molecule has 2 aromatic carbocycles. The van der Waals surface area contributed by atoms with Gasteiger partial charge in [-0.2, -0.15) is 15.3 Å². The Labute approximate surface area is 169 Å². The van der Waals surface area contributed by atoms with Crippen LogP contribution in [-0.2, 0) is 0 Å². The zero-order chi connectivity index (χ0) is 20.2. The first-order valence-electron chi connectivity index (χ1n) is 8.55. The predicted octanol–water partition coefficient (Wildman–Crippen LogP) is 3.86. The minimum Gasteiger partial charge on any atom is -0.275 e. The second-order valence-electron chi connectivity index (χ2n) is 6.02. The van der Waals surface area contributed by atoms with Crippen molar-refractivity contribution in [2.75, 3.05) is 5.43 Å². The molecule has 0 spiro atoms. The van der Waals surface area contributed by atoms with Gasteiger partial charge in [0.1, 0.15) is 22.2 Å². The number of aromatic nitrogens is 4. The minimum absolute atomic E-state index is 0.0455. The van der Waals surface area contributed by atoms with Crippen LogP contribution >= 0.6 is 11.6 Å². The highest BCUT2D eigenvalue weighted by molar-refractivity contribution is 6.32. The van der Waals surface area contributed by atoms with Crippen LogP contribution in [0.25, 0.3) is 16.9 Å². The number of H-pyrrole nitrogens is 1. The Bertz CT molecular complexity index is 1220. The summed E-state index contributed by atoms with van der Waals surface area (Å²) in [5, 5.41) is 14.6. The summed E-state index contributed by atoms with van der Waals surface area (Å²) in [6.45, 7) is 0. The molecule has 9 heteroatoms. The number of hydrogen-bond acceptors (Lipinski definition) is 5. The average Bonchev–Trinajstić information content (AvgIpc) is 3.16. The lowest BCUT2D eigenvalue weighted by Crippen LogP contribution is -2.10. The molecule has 0 saturated carbocycles. The van der Waals surface area contributed by atoms with Crippen LogP contribution in [0.15, 0.2) is 76.9 Å². The summed E-state index contributed by atoms with van der Waals surface area (Å²) in [4.78, 5) is 11.5. The van der Waals surface area contributed by atoms with Gasteiger partial charge in [0.05, 0.1) is 18.1 Å². The largest absolute Gasteiger partial charge is 0.285 e. The molecular weight excluding hydrogens is 395 g/mol. The molecule has 0 amide bonds. The van der Waals surface area contributed by atoms with Gasteiger partial charge in [0.15, 0.2) is 0 Å². The first kappa shape index (κ1) is 18.6. The Morgan fingerprint density at radius 2 is 1.90 bits per heavy atom. The van der Waals surface area contributed by atoms with Crippen LogP contribution in [0, 0.1) is 5.82 Å². The maximum atomic E-state index is 13.3. The summed E-state index contributed by atoms with van der Waals surface area (Å²) in [6, 6.07) is 15.6. The molecule has 0 aliphatic heterocycles. The molecule has 0 bridgehead atoms. The van der Waals surface area contributed by atoms with Gasteiger partial charge >= 0.3 is 0 Å². The summed E-state index contributed by atoms with van der Waals surface area (Å²) in [6.07, 6.45) is 4.70. The van der Waals surface area contributed by atoms with Crippen LogP contribution in [0.3, 0.4) is 0 Å². The monoisotopic (exact) mass is 408 g/mol. The van der Waals surface area contributed by atoms with E-state index < -0.39 is 5.56 Å². The Morgan fingerprint density at radius 3 is 2.66 bits per heavy atom. The molecule has 0 saturated heterocycles. The molecule has 0 radical (unpaired) electrons. The molecule has 29 heavy (non-hydrogen) atoms. The van der Waals surface area contributed by atoms with E-state index in [0.29, 0.717) is 11.3 Å². The maximum absolute atomic E-state index is 13.3. The van der Waals surface area contributed by atoms with Gasteiger partial charge < -0.3 is 0 Å². The number of benzene rings is 2. The first-order valence-corrected chi connectivity index (χ1v) is 8.93. The van der Waals surface area contributed by atoms with Gasteiger partial charge in [-0.1, -0.05) is 29.8 Å². The van der Waals surface area contributed by atoms with Crippen molar-refractivity contribution in [2.45, 2.75) is 0 Å². The van der Waals surface area contributed by atoms with Gasteiger partial charge in [-0.15, -0.1) is 0 Å². The average molecular weight is 409 g/mol. The second kappa shape index (κ2) is 8.07. The van der Waals surface area contributed by atoms with E-state index in [1.54, 1.807) is 29.2 Å². The molecule has 0 unspecified atom stereocenters. The van der Waals surface area contributed by atoms with E-state index in [9.17, 15) is 9.18 Å². The van der Waals surface area contributed by atoms with E-state index in [2.05, 4.69) is 25.8 Å². The van der Waals surface area contributed by atoms with E-state index in [-0.39, 0.29) is 16.5 Å². The summed E-state index contributed by atoms with van der Waals surface area (Å²) in [5.74, 6) is -0.329. The molecule has 0 atom stereocenters. The van der Waals surface area contributed by atoms with Crippen molar-refractivity contribution in [1.82, 2.24) is 20.0 Å². The Balaban J connectivity index is 1.70. The Kier molecular flexibility index (Phi) is 5.17. The molecule has 2 N–H and O–H groups in total. The van der Waals surface area contributed by atoms with Crippen molar-refractivity contribution in [3.05, 3.63) is 93.7 Å². The lowest BCUT2D eigenvalue weighted by Gasteiger charge is -2.01. The lowest BCUT2D eigenvalue weighted by molar-refractivity contribution is 0.628. The van der Waals surface area contributed by atoms with Crippen molar-refractivity contribution < 1.29 is 4.39 Å². The van der Waals surface area contributed by atoms with E-state index in [0.717, 1.165) is 11.3 Å². The standard InChI is InChI=1S/C20H14ClFN6O/c21-18-17(11-24-26-20(18)29)25-23-10-14-12-28(16-4-2-1-3-5-16)27-19(14)13-6-8-15(22)9-7-13/h1-12H,(H2,25,26,29)/b23-10-. The number of hydrazone groups is 1. The topological polar surface area (TPSA) is 88.0 Å². The highest BCUT2D eigenvalue weighted by Crippen LogP contribution is 2.23. The van der Waals surface area contributed by atoms with Crippen LogP contribution in [0.4, 0.5) is 10.1 Å². The van der Waals surface area contributed by atoms with Gasteiger partial charge in [0.25, 0.3) is 5.56 Å². The minimum atomic E-state index is -0.518. The molecule has 2 aromatic heterocycles. The third kappa shape index (κ3) is 4.07. The Hall–Kier alpha value is -3.78. The molecule has 7 nitrogen and oxygen atoms in total. The lowest BCUT2D eigenvalue weighted by atomic mass is 10.1. The molecular formula is C20H14ClFN6O. The molecule has 2 heterocycles. The van der Waals surface area contributed by atoms with E-state index in [1.165, 1.54) is 18.3 Å². The van der Waals surface area contributed by atoms with Crippen molar-refractivity contribution in [3.8, 4) is 16.9 Å². The zero-order valence-electron chi connectivity index (χ0n) is 14.9. The van der Waals surface area contributed by atoms with Gasteiger partial charge in [-0.3, -0.25) is 10.2 Å². The first-order chi connectivity index (χ1) is 14.1. The number of halogens is 2. The summed E-state index contributed by atoms with van der Waals surface area (Å²) >= 11 is 5.93. The van der Waals surface area contributed by atoms with Crippen LogP contribution in [0.5, 0.6) is 0 Å². The molecule has 0 aliphatic carbocycles. The van der Waals surface area contributed by atoms with Gasteiger partial charge in [0.2, 0.25) is 0 Å². The maximum Gasteiger partial charge on any atom is 0.285 e. The molecule has 144 valence electrons. The molecule has 4 aromatic rings. The zero-order valence-corrected chi connectivity index (χ0v) is 15.6.